The number of methoxy groups -OCH3 is 1. The third kappa shape index (κ3) is 4.04. The van der Waals surface area contributed by atoms with Gasteiger partial charge in [-0.25, -0.2) is 0 Å². The second-order valence-corrected chi connectivity index (χ2v) is 5.53. The number of rotatable bonds is 7. The molecule has 0 N–H and O–H groups in total. The Bertz CT molecular complexity index is 632. The van der Waals surface area contributed by atoms with Crippen LogP contribution in [0.25, 0.3) is 11.3 Å². The Balaban J connectivity index is 2.47. The van der Waals surface area contributed by atoms with Crippen molar-refractivity contribution in [2.75, 3.05) is 13.7 Å². The Morgan fingerprint density at radius 2 is 2.09 bits per heavy atom. The molecule has 1 aromatic heterocycles. The van der Waals surface area contributed by atoms with E-state index in [4.69, 9.17) is 4.74 Å². The van der Waals surface area contributed by atoms with Crippen molar-refractivity contribution in [3.63, 3.8) is 0 Å². The maximum Gasteiger partial charge on any atom is 0.387 e. The molecule has 2 aromatic rings. The van der Waals surface area contributed by atoms with Crippen LogP contribution in [0, 0.1) is 0 Å². The van der Waals surface area contributed by atoms with Gasteiger partial charge in [0.05, 0.1) is 24.5 Å². The van der Waals surface area contributed by atoms with E-state index in [2.05, 4.69) is 25.8 Å². The Hall–Kier alpha value is -1.47. The molecule has 1 aromatic carbocycles. The highest BCUT2D eigenvalue weighted by Crippen LogP contribution is 2.34. The lowest BCUT2D eigenvalue weighted by Crippen LogP contribution is -2.09. The van der Waals surface area contributed by atoms with Crippen molar-refractivity contribution in [3.05, 3.63) is 34.4 Å². The van der Waals surface area contributed by atoms with Crippen LogP contribution in [0.2, 0.25) is 0 Å². The molecule has 0 saturated heterocycles. The van der Waals surface area contributed by atoms with Gasteiger partial charge in [0.2, 0.25) is 0 Å². The van der Waals surface area contributed by atoms with Crippen LogP contribution in [0.3, 0.4) is 0 Å². The smallest absolute Gasteiger partial charge is 0.387 e. The quantitative estimate of drug-likeness (QED) is 0.731. The van der Waals surface area contributed by atoms with Gasteiger partial charge < -0.3 is 9.47 Å². The van der Waals surface area contributed by atoms with Crippen molar-refractivity contribution >= 4 is 15.9 Å². The van der Waals surface area contributed by atoms with E-state index in [0.717, 1.165) is 17.8 Å². The first-order valence-electron chi connectivity index (χ1n) is 6.85. The molecular weight excluding hydrogens is 358 g/mol. The summed E-state index contributed by atoms with van der Waals surface area (Å²) in [5.74, 6) is 0.116. The van der Waals surface area contributed by atoms with Crippen LogP contribution in [0.4, 0.5) is 8.78 Å². The Morgan fingerprint density at radius 3 is 2.73 bits per heavy atom. The molecule has 0 aliphatic carbocycles. The lowest BCUT2D eigenvalue weighted by Gasteiger charge is -2.13. The molecule has 0 fully saturated rings. The van der Waals surface area contributed by atoms with Crippen molar-refractivity contribution in [1.29, 1.82) is 0 Å². The number of hydrogen-bond acceptors (Lipinski definition) is 3. The Kier molecular flexibility index (Phi) is 5.90. The van der Waals surface area contributed by atoms with Gasteiger partial charge in [0.25, 0.3) is 0 Å². The van der Waals surface area contributed by atoms with E-state index in [-0.39, 0.29) is 5.75 Å². The molecule has 4 nitrogen and oxygen atoms in total. The Labute approximate surface area is 136 Å². The third-order valence-electron chi connectivity index (χ3n) is 3.14. The van der Waals surface area contributed by atoms with Crippen molar-refractivity contribution in [3.8, 4) is 17.0 Å². The molecule has 120 valence electrons. The molecule has 2 rings (SSSR count). The van der Waals surface area contributed by atoms with E-state index in [1.165, 1.54) is 6.07 Å². The summed E-state index contributed by atoms with van der Waals surface area (Å²) in [5.41, 5.74) is 2.20. The predicted molar refractivity (Wildman–Crippen MR) is 83.2 cm³/mol. The first-order valence-corrected chi connectivity index (χ1v) is 7.64. The van der Waals surface area contributed by atoms with Gasteiger partial charge in [0, 0.05) is 17.1 Å². The Morgan fingerprint density at radius 1 is 1.32 bits per heavy atom. The number of alkyl halides is 2. The molecule has 1 heterocycles. The van der Waals surface area contributed by atoms with Crippen LogP contribution < -0.4 is 4.74 Å². The van der Waals surface area contributed by atoms with Crippen molar-refractivity contribution in [2.24, 2.45) is 0 Å². The van der Waals surface area contributed by atoms with Gasteiger partial charge in [0.1, 0.15) is 5.75 Å². The minimum atomic E-state index is -2.88. The number of nitrogens with zero attached hydrogens (tertiary/aromatic N) is 2. The van der Waals surface area contributed by atoms with Gasteiger partial charge in [-0.15, -0.1) is 0 Å². The van der Waals surface area contributed by atoms with Crippen molar-refractivity contribution in [1.82, 2.24) is 9.78 Å². The zero-order valence-electron chi connectivity index (χ0n) is 12.4. The zero-order chi connectivity index (χ0) is 16.1. The topological polar surface area (TPSA) is 36.3 Å². The van der Waals surface area contributed by atoms with Gasteiger partial charge in [0.15, 0.2) is 0 Å². The second kappa shape index (κ2) is 7.69. The van der Waals surface area contributed by atoms with Gasteiger partial charge in [-0.1, -0.05) is 22.9 Å². The minimum Gasteiger partial charge on any atom is -0.434 e. The van der Waals surface area contributed by atoms with Crippen LogP contribution in [0.15, 0.2) is 28.7 Å². The van der Waals surface area contributed by atoms with Crippen LogP contribution in [0.1, 0.15) is 12.6 Å². The molecule has 0 unspecified atom stereocenters. The molecule has 0 aliphatic rings. The average Bonchev–Trinajstić information content (AvgIpc) is 2.87. The molecule has 0 atom stereocenters. The highest BCUT2D eigenvalue weighted by Gasteiger charge is 2.16. The fraction of sp³-hybridized carbons (Fsp3) is 0.400. The van der Waals surface area contributed by atoms with E-state index in [0.29, 0.717) is 23.2 Å². The summed E-state index contributed by atoms with van der Waals surface area (Å²) in [5, 5.41) is 4.47. The third-order valence-corrected chi connectivity index (χ3v) is 3.63. The van der Waals surface area contributed by atoms with E-state index >= 15 is 0 Å². The normalized spacial score (nSPS) is 11.2. The number of ether oxygens (including phenoxy) is 2. The summed E-state index contributed by atoms with van der Waals surface area (Å²) < 4.78 is 37.4. The molecule has 0 aliphatic heterocycles. The fourth-order valence-electron chi connectivity index (χ4n) is 2.11. The maximum absolute atomic E-state index is 12.6. The average molecular weight is 375 g/mol. The van der Waals surface area contributed by atoms with E-state index in [1.54, 1.807) is 23.9 Å². The summed E-state index contributed by atoms with van der Waals surface area (Å²) >= 11 is 3.27. The number of hydrogen-bond donors (Lipinski definition) is 0. The SMILES string of the molecule is CCc1cc(-c2ccc(Br)cc2OC(F)F)n(CCOC)n1. The minimum absolute atomic E-state index is 0.116. The fourth-order valence-corrected chi connectivity index (χ4v) is 2.45. The first kappa shape index (κ1) is 16.9. The van der Waals surface area contributed by atoms with Gasteiger partial charge in [-0.3, -0.25) is 4.68 Å². The van der Waals surface area contributed by atoms with E-state index < -0.39 is 6.61 Å². The van der Waals surface area contributed by atoms with Crippen LogP contribution in [0.5, 0.6) is 5.75 Å². The summed E-state index contributed by atoms with van der Waals surface area (Å²) in [7, 11) is 1.61. The number of benzene rings is 1. The van der Waals surface area contributed by atoms with Crippen LogP contribution in [-0.4, -0.2) is 30.1 Å². The summed E-state index contributed by atoms with van der Waals surface area (Å²) in [6.07, 6.45) is 0.758. The van der Waals surface area contributed by atoms with E-state index in [9.17, 15) is 8.78 Å². The van der Waals surface area contributed by atoms with Gasteiger partial charge >= 0.3 is 6.61 Å². The molecule has 7 heteroatoms. The first-order chi connectivity index (χ1) is 10.5. The zero-order valence-corrected chi connectivity index (χ0v) is 13.9. The molecule has 0 saturated carbocycles. The van der Waals surface area contributed by atoms with Crippen LogP contribution in [-0.2, 0) is 17.7 Å². The monoisotopic (exact) mass is 374 g/mol. The number of aromatic nitrogens is 2. The highest BCUT2D eigenvalue weighted by atomic mass is 79.9. The van der Waals surface area contributed by atoms with E-state index in [1.807, 2.05) is 13.0 Å². The number of halogens is 3. The summed E-state index contributed by atoms with van der Waals surface area (Å²) in [6, 6.07) is 6.94. The van der Waals surface area contributed by atoms with Crippen LogP contribution >= 0.6 is 15.9 Å². The van der Waals surface area contributed by atoms with Crippen molar-refractivity contribution < 1.29 is 18.3 Å². The van der Waals surface area contributed by atoms with Crippen molar-refractivity contribution in [2.45, 2.75) is 26.5 Å². The molecule has 0 radical (unpaired) electrons. The lowest BCUT2D eigenvalue weighted by molar-refractivity contribution is -0.0495. The summed E-state index contributed by atoms with van der Waals surface area (Å²) in [6.45, 7) is 0.134. The molecular formula is C15H17BrF2N2O2. The standard InChI is InChI=1S/C15H17BrF2N2O2/c1-3-11-9-13(20(19-11)6-7-21-2)12-5-4-10(16)8-14(12)22-15(17)18/h4-5,8-9,15H,3,6-7H2,1-2H3. The van der Waals surface area contributed by atoms with Gasteiger partial charge in [-0.2, -0.15) is 13.9 Å². The highest BCUT2D eigenvalue weighted by molar-refractivity contribution is 9.10. The lowest BCUT2D eigenvalue weighted by atomic mass is 10.1. The summed E-state index contributed by atoms with van der Waals surface area (Å²) in [4.78, 5) is 0. The molecule has 0 spiro atoms. The molecule has 22 heavy (non-hydrogen) atoms. The molecule has 0 amide bonds. The molecule has 0 bridgehead atoms. The van der Waals surface area contributed by atoms with Gasteiger partial charge in [-0.05, 0) is 30.7 Å². The number of aryl methyl sites for hydroxylation is 1. The second-order valence-electron chi connectivity index (χ2n) is 4.61. The predicted octanol–water partition coefficient (Wildman–Crippen LogP) is 4.12. The largest absolute Gasteiger partial charge is 0.434 e. The maximum atomic E-state index is 12.6.